The van der Waals surface area contributed by atoms with Crippen molar-refractivity contribution in [1.29, 1.82) is 0 Å². The van der Waals surface area contributed by atoms with Crippen LogP contribution in [0.2, 0.25) is 0 Å². The van der Waals surface area contributed by atoms with Gasteiger partial charge in [-0.3, -0.25) is 4.79 Å². The second-order valence-corrected chi connectivity index (χ2v) is 2.44. The van der Waals surface area contributed by atoms with E-state index in [1.165, 1.54) is 26.2 Å². The number of hydrogen-bond donors (Lipinski definition) is 1. The van der Waals surface area contributed by atoms with E-state index in [1.54, 1.807) is 0 Å². The van der Waals surface area contributed by atoms with Crippen molar-refractivity contribution >= 4 is 5.91 Å². The molecule has 1 N–H and O–H groups in total. The zero-order valence-electron chi connectivity index (χ0n) is 10.2. The van der Waals surface area contributed by atoms with E-state index >= 15 is 0 Å². The van der Waals surface area contributed by atoms with Crippen molar-refractivity contribution in [3.8, 4) is 0 Å². The molecule has 82 valence electrons. The molecule has 0 bridgehead atoms. The number of nitrogens with one attached hydrogen (secondary N) is 1. The Balaban J connectivity index is -0.000000131. The first kappa shape index (κ1) is 18.3. The van der Waals surface area contributed by atoms with Gasteiger partial charge < -0.3 is 5.32 Å². The molecule has 13 heavy (non-hydrogen) atoms. The lowest BCUT2D eigenvalue weighted by Gasteiger charge is -1.88. The minimum Gasteiger partial charge on any atom is -0.357 e. The minimum absolute atomic E-state index is 0.0394. The van der Waals surface area contributed by atoms with Crippen molar-refractivity contribution in [2.24, 2.45) is 0 Å². The maximum Gasteiger partial charge on any atom is 0.216 e. The van der Waals surface area contributed by atoms with Crippen LogP contribution in [0.4, 0.5) is 0 Å². The highest BCUT2D eigenvalue weighted by atomic mass is 16.1. The van der Waals surface area contributed by atoms with E-state index in [0.717, 1.165) is 6.54 Å². The predicted molar refractivity (Wildman–Crippen MR) is 60.9 cm³/mol. The first-order valence-corrected chi connectivity index (χ1v) is 5.43. The number of unbranched alkanes of at least 4 members (excludes halogenated alkanes) is 2. The molecular formula is C11H27NO. The van der Waals surface area contributed by atoms with Gasteiger partial charge in [0.25, 0.3) is 0 Å². The van der Waals surface area contributed by atoms with Gasteiger partial charge in [0.1, 0.15) is 0 Å². The largest absolute Gasteiger partial charge is 0.357 e. The number of hydrogen-bond acceptors (Lipinski definition) is 1. The first-order chi connectivity index (χ1) is 6.18. The molecule has 0 fully saturated rings. The summed E-state index contributed by atoms with van der Waals surface area (Å²) >= 11 is 0. The summed E-state index contributed by atoms with van der Waals surface area (Å²) in [5, 5.41) is 2.57. The van der Waals surface area contributed by atoms with Crippen LogP contribution >= 0.6 is 0 Å². The quantitative estimate of drug-likeness (QED) is 0.724. The third kappa shape index (κ3) is 51.5. The van der Waals surface area contributed by atoms with Crippen molar-refractivity contribution in [3.63, 3.8) is 0 Å². The van der Waals surface area contributed by atoms with Crippen molar-refractivity contribution in [2.45, 2.75) is 60.8 Å². The maximum atomic E-state index is 9.93. The number of amides is 1. The maximum absolute atomic E-state index is 9.93. The molecule has 0 heterocycles. The van der Waals surface area contributed by atoms with Gasteiger partial charge in [0.05, 0.1) is 0 Å². The number of carbonyl (C=O) groups excluding carboxylic acids is 1. The highest BCUT2D eigenvalue weighted by molar-refractivity contribution is 5.72. The van der Waals surface area contributed by atoms with Crippen LogP contribution in [0.15, 0.2) is 0 Å². The fourth-order valence-electron chi connectivity index (χ4n) is 0.602. The Kier molecular flexibility index (Phi) is 31.7. The van der Waals surface area contributed by atoms with Crippen LogP contribution in [0.3, 0.4) is 0 Å². The van der Waals surface area contributed by atoms with E-state index in [1.807, 2.05) is 20.8 Å². The zero-order valence-corrected chi connectivity index (χ0v) is 10.2. The van der Waals surface area contributed by atoms with Crippen LogP contribution < -0.4 is 5.32 Å². The minimum atomic E-state index is 0.0394. The van der Waals surface area contributed by atoms with Gasteiger partial charge in [0.15, 0.2) is 0 Å². The molecule has 0 aliphatic carbocycles. The molecule has 0 spiro atoms. The van der Waals surface area contributed by atoms with E-state index in [-0.39, 0.29) is 5.91 Å². The monoisotopic (exact) mass is 189 g/mol. The van der Waals surface area contributed by atoms with E-state index in [9.17, 15) is 4.79 Å². The normalized spacial score (nSPS) is 7.23. The van der Waals surface area contributed by atoms with Gasteiger partial charge in [-0.25, -0.2) is 0 Å². The van der Waals surface area contributed by atoms with Gasteiger partial charge in [-0.05, 0) is 6.92 Å². The van der Waals surface area contributed by atoms with Crippen LogP contribution in [0.25, 0.3) is 0 Å². The van der Waals surface area contributed by atoms with Gasteiger partial charge in [-0.15, -0.1) is 0 Å². The summed E-state index contributed by atoms with van der Waals surface area (Å²) in [5.74, 6) is 0.0394. The third-order valence-corrected chi connectivity index (χ3v) is 1.13. The molecular weight excluding hydrogens is 162 g/mol. The summed E-state index contributed by atoms with van der Waals surface area (Å²) in [5.41, 5.74) is 0. The molecule has 0 aromatic rings. The Morgan fingerprint density at radius 2 is 1.46 bits per heavy atom. The van der Waals surface area contributed by atoms with Crippen LogP contribution in [0.5, 0.6) is 0 Å². The highest BCUT2D eigenvalue weighted by Gasteiger charge is 1.79. The standard InChI is InChI=1S/C5H12.C4H9NO.C2H6/c1-3-5-4-2;1-3-5-4(2)6;1-2/h3-5H2,1-2H3;3H2,1-2H3,(H,5,6);1-2H3. The SMILES string of the molecule is CC.CCCCC.CCNC(C)=O. The van der Waals surface area contributed by atoms with Crippen LogP contribution in [0.1, 0.15) is 60.8 Å². The molecule has 0 saturated heterocycles. The molecule has 0 atom stereocenters. The van der Waals surface area contributed by atoms with Gasteiger partial charge >= 0.3 is 0 Å². The Hall–Kier alpha value is -0.530. The highest BCUT2D eigenvalue weighted by Crippen LogP contribution is 1.88. The summed E-state index contributed by atoms with van der Waals surface area (Å²) in [6.45, 7) is 12.5. The zero-order chi connectivity index (χ0) is 11.1. The molecule has 0 aliphatic heterocycles. The smallest absolute Gasteiger partial charge is 0.216 e. The summed E-state index contributed by atoms with van der Waals surface area (Å²) < 4.78 is 0. The lowest BCUT2D eigenvalue weighted by Crippen LogP contribution is -2.18. The molecule has 2 nitrogen and oxygen atoms in total. The van der Waals surface area contributed by atoms with Crippen molar-refractivity contribution in [3.05, 3.63) is 0 Å². The molecule has 2 heteroatoms. The molecule has 0 unspecified atom stereocenters. The fourth-order valence-corrected chi connectivity index (χ4v) is 0.602. The molecule has 0 saturated carbocycles. The van der Waals surface area contributed by atoms with E-state index in [0.29, 0.717) is 0 Å². The van der Waals surface area contributed by atoms with Gasteiger partial charge in [0, 0.05) is 13.5 Å². The topological polar surface area (TPSA) is 29.1 Å². The van der Waals surface area contributed by atoms with Gasteiger partial charge in [-0.1, -0.05) is 47.0 Å². The second kappa shape index (κ2) is 22.5. The number of carbonyl (C=O) groups is 1. The van der Waals surface area contributed by atoms with Gasteiger partial charge in [-0.2, -0.15) is 0 Å². The molecule has 0 radical (unpaired) electrons. The Bertz CT molecular complexity index is 80.2. The molecule has 0 rings (SSSR count). The van der Waals surface area contributed by atoms with Crippen molar-refractivity contribution < 1.29 is 4.79 Å². The molecule has 0 aliphatic rings. The third-order valence-electron chi connectivity index (χ3n) is 1.13. The van der Waals surface area contributed by atoms with E-state index in [4.69, 9.17) is 0 Å². The summed E-state index contributed by atoms with van der Waals surface area (Å²) in [6.07, 6.45) is 4.08. The Labute approximate surface area is 84.1 Å². The lowest BCUT2D eigenvalue weighted by atomic mass is 10.3. The molecule has 0 aromatic carbocycles. The molecule has 0 aromatic heterocycles. The Morgan fingerprint density at radius 3 is 1.46 bits per heavy atom. The second-order valence-electron chi connectivity index (χ2n) is 2.44. The predicted octanol–water partition coefficient (Wildman–Crippen LogP) is 3.37. The Morgan fingerprint density at radius 1 is 1.08 bits per heavy atom. The van der Waals surface area contributed by atoms with E-state index < -0.39 is 0 Å². The van der Waals surface area contributed by atoms with Crippen molar-refractivity contribution in [1.82, 2.24) is 5.32 Å². The van der Waals surface area contributed by atoms with E-state index in [2.05, 4.69) is 19.2 Å². The average molecular weight is 189 g/mol. The first-order valence-electron chi connectivity index (χ1n) is 5.43. The summed E-state index contributed by atoms with van der Waals surface area (Å²) in [7, 11) is 0. The van der Waals surface area contributed by atoms with Crippen molar-refractivity contribution in [2.75, 3.05) is 6.54 Å². The van der Waals surface area contributed by atoms with Gasteiger partial charge in [0.2, 0.25) is 5.91 Å². The molecule has 1 amide bonds. The van der Waals surface area contributed by atoms with Crippen LogP contribution in [-0.4, -0.2) is 12.5 Å². The summed E-state index contributed by atoms with van der Waals surface area (Å²) in [4.78, 5) is 9.93. The lowest BCUT2D eigenvalue weighted by molar-refractivity contribution is -0.118. The summed E-state index contributed by atoms with van der Waals surface area (Å²) in [6, 6.07) is 0. The van der Waals surface area contributed by atoms with Crippen LogP contribution in [0, 0.1) is 0 Å². The fraction of sp³-hybridized carbons (Fsp3) is 0.909. The number of rotatable bonds is 3. The van der Waals surface area contributed by atoms with Crippen LogP contribution in [-0.2, 0) is 4.79 Å². The average Bonchev–Trinajstić information content (AvgIpc) is 2.10.